The van der Waals surface area contributed by atoms with Crippen molar-refractivity contribution in [3.05, 3.63) is 55.6 Å². The molecule has 4 rings (SSSR count). The maximum Gasteiger partial charge on any atom is 0.247 e. The van der Waals surface area contributed by atoms with Crippen LogP contribution in [0.25, 0.3) is 0 Å². The number of carbonyl (C=O) groups is 3. The summed E-state index contributed by atoms with van der Waals surface area (Å²) in [6, 6.07) is 8.21. The molecular weight excluding hydrogens is 558 g/mol. The Morgan fingerprint density at radius 1 is 1.09 bits per heavy atom. The maximum atomic E-state index is 15.0. The Morgan fingerprint density at radius 3 is 2.26 bits per heavy atom. The van der Waals surface area contributed by atoms with E-state index < -0.39 is 39.0 Å². The Hall–Kier alpha value is -2.58. The molecule has 0 saturated carbocycles. The minimum atomic E-state index is -0.782. The van der Waals surface area contributed by atoms with E-state index in [0.717, 1.165) is 18.5 Å². The maximum absolute atomic E-state index is 15.0. The normalized spacial score (nSPS) is 28.9. The molecule has 1 aromatic rings. The summed E-state index contributed by atoms with van der Waals surface area (Å²) in [5, 5.41) is 10.5. The fourth-order valence-corrected chi connectivity index (χ4v) is 10.7. The smallest absolute Gasteiger partial charge is 0.247 e. The highest BCUT2D eigenvalue weighted by molar-refractivity contribution is 8.02. The van der Waals surface area contributed by atoms with E-state index in [2.05, 4.69) is 54.7 Å². The first-order chi connectivity index (χ1) is 20.1. The molecule has 3 amide bonds. The molecule has 0 aliphatic carbocycles. The van der Waals surface area contributed by atoms with Gasteiger partial charge in [0.05, 0.1) is 29.2 Å². The van der Waals surface area contributed by atoms with Crippen molar-refractivity contribution < 1.29 is 19.5 Å². The van der Waals surface area contributed by atoms with Crippen molar-refractivity contribution in [1.29, 1.82) is 0 Å². The number of fused-ring (bicyclic) bond motifs is 1. The summed E-state index contributed by atoms with van der Waals surface area (Å²) in [5.74, 6) is -1.68. The molecule has 3 saturated heterocycles. The van der Waals surface area contributed by atoms with E-state index in [9.17, 15) is 14.7 Å². The number of aliphatic hydroxyl groups excluding tert-OH is 1. The van der Waals surface area contributed by atoms with Gasteiger partial charge in [-0.1, -0.05) is 58.0 Å². The number of nitrogens with zero attached hydrogens (tertiary/aromatic N) is 3. The molecule has 6 atom stereocenters. The third kappa shape index (κ3) is 5.70. The number of likely N-dealkylation sites (tertiary alicyclic amines) is 1. The molecule has 3 heterocycles. The molecule has 3 aliphatic heterocycles. The number of para-hydroxylation sites is 1. The second-order valence-electron chi connectivity index (χ2n) is 14.6. The lowest BCUT2D eigenvalue weighted by Gasteiger charge is -2.46. The summed E-state index contributed by atoms with van der Waals surface area (Å²) in [4.78, 5) is 49.6. The highest BCUT2D eigenvalue weighted by atomic mass is 32.2. The van der Waals surface area contributed by atoms with Crippen molar-refractivity contribution >= 4 is 35.2 Å². The van der Waals surface area contributed by atoms with Crippen LogP contribution >= 0.6 is 11.8 Å². The number of anilines is 1. The van der Waals surface area contributed by atoms with Crippen LogP contribution in [0.2, 0.25) is 0 Å². The fraction of sp³-hybridized carbons (Fsp3) is 0.629. The third-order valence-corrected chi connectivity index (χ3v) is 11.7. The number of carbonyl (C=O) groups excluding carboxylic acids is 3. The van der Waals surface area contributed by atoms with Crippen LogP contribution in [0.5, 0.6) is 0 Å². The number of hydrogen-bond donors (Lipinski definition) is 1. The molecule has 1 N–H and O–H groups in total. The Morgan fingerprint density at radius 2 is 1.72 bits per heavy atom. The van der Waals surface area contributed by atoms with E-state index >= 15 is 4.79 Å². The van der Waals surface area contributed by atoms with Gasteiger partial charge >= 0.3 is 0 Å². The summed E-state index contributed by atoms with van der Waals surface area (Å²) < 4.78 is -1.26. The Balaban J connectivity index is 1.85. The minimum Gasteiger partial charge on any atom is -0.394 e. The van der Waals surface area contributed by atoms with E-state index in [1.807, 2.05) is 42.2 Å². The first kappa shape index (κ1) is 33.3. The monoisotopic (exact) mass is 609 g/mol. The van der Waals surface area contributed by atoms with Gasteiger partial charge in [-0.25, -0.2) is 0 Å². The largest absolute Gasteiger partial charge is 0.394 e. The molecule has 0 aromatic heterocycles. The van der Waals surface area contributed by atoms with Gasteiger partial charge in [-0.3, -0.25) is 14.4 Å². The molecule has 1 aromatic carbocycles. The standard InChI is InChI=1S/C35H51N3O4S/c1-10-20-36(25-16-14-13-15-17-25)29(40)26-27-30(41)38(24(12-3)22-39)28(35(27)19-18-34(26,9)43-35)31(42)37(21-11-2)33(7,8)23-32(4,5)6/h10-11,13-17,24,26-28,39H,1-2,12,18-23H2,3-9H3/t24-,26-,27-,28?,34+,35?/m0/s1. The fourth-order valence-electron chi connectivity index (χ4n) is 8.36. The van der Waals surface area contributed by atoms with E-state index in [0.29, 0.717) is 25.9 Å². The summed E-state index contributed by atoms with van der Waals surface area (Å²) >= 11 is 1.67. The van der Waals surface area contributed by atoms with Crippen LogP contribution in [-0.2, 0) is 14.4 Å². The summed E-state index contributed by atoms with van der Waals surface area (Å²) in [5.41, 5.74) is 0.210. The first-order valence-electron chi connectivity index (χ1n) is 15.7. The number of amides is 3. The van der Waals surface area contributed by atoms with E-state index in [1.165, 1.54) is 0 Å². The molecule has 3 aliphatic rings. The topological polar surface area (TPSA) is 81.2 Å². The third-order valence-electron chi connectivity index (χ3n) is 9.71. The van der Waals surface area contributed by atoms with Crippen molar-refractivity contribution in [1.82, 2.24) is 9.80 Å². The predicted octanol–water partition coefficient (Wildman–Crippen LogP) is 5.69. The van der Waals surface area contributed by atoms with Gasteiger partial charge in [0.1, 0.15) is 6.04 Å². The predicted molar refractivity (Wildman–Crippen MR) is 176 cm³/mol. The molecule has 0 radical (unpaired) electrons. The van der Waals surface area contributed by atoms with Crippen LogP contribution < -0.4 is 4.90 Å². The lowest BCUT2D eigenvalue weighted by atomic mass is 9.66. The van der Waals surface area contributed by atoms with Crippen LogP contribution in [0, 0.1) is 17.3 Å². The van der Waals surface area contributed by atoms with Crippen LogP contribution in [0.15, 0.2) is 55.6 Å². The van der Waals surface area contributed by atoms with E-state index in [4.69, 9.17) is 0 Å². The number of aliphatic hydroxyl groups is 1. The molecule has 3 fully saturated rings. The van der Waals surface area contributed by atoms with Crippen molar-refractivity contribution in [2.45, 2.75) is 101 Å². The van der Waals surface area contributed by atoms with E-state index in [1.54, 1.807) is 33.7 Å². The van der Waals surface area contributed by atoms with Crippen LogP contribution in [0.4, 0.5) is 5.69 Å². The highest BCUT2D eigenvalue weighted by Crippen LogP contribution is 2.72. The van der Waals surface area contributed by atoms with Gasteiger partial charge in [-0.15, -0.1) is 24.9 Å². The Labute approximate surface area is 262 Å². The quantitative estimate of drug-likeness (QED) is 0.308. The molecule has 7 nitrogen and oxygen atoms in total. The number of hydrogen-bond acceptors (Lipinski definition) is 5. The van der Waals surface area contributed by atoms with Crippen LogP contribution in [0.1, 0.15) is 74.1 Å². The number of rotatable bonds is 12. The zero-order valence-electron chi connectivity index (χ0n) is 27.1. The summed E-state index contributed by atoms with van der Waals surface area (Å²) in [6.45, 7) is 23.0. The first-order valence-corrected chi connectivity index (χ1v) is 16.5. The Bertz CT molecular complexity index is 1240. The minimum absolute atomic E-state index is 0.0378. The van der Waals surface area contributed by atoms with E-state index in [-0.39, 0.29) is 29.7 Å². The average Bonchev–Trinajstić information content (AvgIpc) is 3.50. The van der Waals surface area contributed by atoms with Crippen LogP contribution in [-0.4, -0.2) is 79.4 Å². The number of benzene rings is 1. The average molecular weight is 610 g/mol. The lowest BCUT2D eigenvalue weighted by molar-refractivity contribution is -0.149. The second-order valence-corrected chi connectivity index (χ2v) is 16.5. The second kappa shape index (κ2) is 12.1. The Kier molecular flexibility index (Phi) is 9.35. The van der Waals surface area contributed by atoms with Crippen molar-refractivity contribution in [2.75, 3.05) is 24.6 Å². The van der Waals surface area contributed by atoms with Gasteiger partial charge in [0.25, 0.3) is 0 Å². The zero-order valence-corrected chi connectivity index (χ0v) is 28.0. The highest BCUT2D eigenvalue weighted by Gasteiger charge is 2.78. The lowest BCUT2D eigenvalue weighted by Crippen LogP contribution is -2.61. The van der Waals surface area contributed by atoms with Crippen molar-refractivity contribution in [3.8, 4) is 0 Å². The SMILES string of the molecule is C=CCN(C(=O)[C@@H]1[C@H]2C(=O)N([C@@H](CC)CO)C(C(=O)N(CC=C)C(C)(C)CC(C)(C)C)C23CC[C@@]1(C)S3)c1ccccc1. The van der Waals surface area contributed by atoms with Crippen molar-refractivity contribution in [2.24, 2.45) is 17.3 Å². The molecule has 2 bridgehead atoms. The zero-order chi connectivity index (χ0) is 32.0. The van der Waals surface area contributed by atoms with Gasteiger partial charge in [0.15, 0.2) is 0 Å². The molecule has 43 heavy (non-hydrogen) atoms. The molecule has 8 heteroatoms. The summed E-state index contributed by atoms with van der Waals surface area (Å²) in [7, 11) is 0. The van der Waals surface area contributed by atoms with Gasteiger partial charge in [0.2, 0.25) is 17.7 Å². The van der Waals surface area contributed by atoms with Gasteiger partial charge in [-0.05, 0) is 64.0 Å². The van der Waals surface area contributed by atoms with Gasteiger partial charge in [0, 0.05) is 29.1 Å². The van der Waals surface area contributed by atoms with Crippen LogP contribution in [0.3, 0.4) is 0 Å². The molecule has 1 spiro atoms. The van der Waals surface area contributed by atoms with Crippen molar-refractivity contribution in [3.63, 3.8) is 0 Å². The van der Waals surface area contributed by atoms with Gasteiger partial charge in [-0.2, -0.15) is 0 Å². The molecular formula is C35H51N3O4S. The molecule has 2 unspecified atom stereocenters. The molecule has 236 valence electrons. The number of thioether (sulfide) groups is 1. The summed E-state index contributed by atoms with van der Waals surface area (Å²) in [6.07, 6.45) is 6.12. The van der Waals surface area contributed by atoms with Gasteiger partial charge < -0.3 is 19.8 Å².